The minimum Gasteiger partial charge on any atom is -0.489 e. The van der Waals surface area contributed by atoms with Crippen molar-refractivity contribution in [2.45, 2.75) is 39.8 Å². The van der Waals surface area contributed by atoms with E-state index in [0.717, 1.165) is 18.8 Å². The monoisotopic (exact) mass is 283 g/mol. The summed E-state index contributed by atoms with van der Waals surface area (Å²) >= 11 is 0. The molecule has 0 fully saturated rings. The smallest absolute Gasteiger partial charge is 0.119 e. The fourth-order valence-electron chi connectivity index (χ4n) is 2.24. The summed E-state index contributed by atoms with van der Waals surface area (Å²) in [6.07, 6.45) is 0. The van der Waals surface area contributed by atoms with Gasteiger partial charge in [-0.05, 0) is 41.3 Å². The Labute approximate surface area is 128 Å². The van der Waals surface area contributed by atoms with Crippen LogP contribution in [-0.4, -0.2) is 6.54 Å². The molecule has 2 heteroatoms. The van der Waals surface area contributed by atoms with Crippen molar-refractivity contribution in [1.82, 2.24) is 5.32 Å². The molecule has 0 aliphatic heterocycles. The quantitative estimate of drug-likeness (QED) is 0.808. The molecule has 0 bridgehead atoms. The molecular formula is C19H25NO. The molecule has 0 atom stereocenters. The van der Waals surface area contributed by atoms with E-state index in [9.17, 15) is 0 Å². The average Bonchev–Trinajstić information content (AvgIpc) is 2.52. The van der Waals surface area contributed by atoms with E-state index in [1.54, 1.807) is 0 Å². The molecular weight excluding hydrogens is 258 g/mol. The second-order valence-electron chi connectivity index (χ2n) is 5.56. The zero-order chi connectivity index (χ0) is 15.1. The molecule has 0 radical (unpaired) electrons. The highest BCUT2D eigenvalue weighted by atomic mass is 16.5. The number of benzene rings is 2. The number of rotatable bonds is 7. The molecule has 0 aliphatic rings. The Morgan fingerprint density at radius 3 is 2.24 bits per heavy atom. The van der Waals surface area contributed by atoms with Gasteiger partial charge in [0.2, 0.25) is 0 Å². The lowest BCUT2D eigenvalue weighted by Gasteiger charge is -2.12. The zero-order valence-electron chi connectivity index (χ0n) is 13.2. The van der Waals surface area contributed by atoms with E-state index in [4.69, 9.17) is 4.74 Å². The van der Waals surface area contributed by atoms with Crippen molar-refractivity contribution in [3.05, 3.63) is 65.2 Å². The van der Waals surface area contributed by atoms with Crippen LogP contribution < -0.4 is 10.1 Å². The van der Waals surface area contributed by atoms with Gasteiger partial charge in [0.05, 0.1) is 0 Å². The van der Waals surface area contributed by atoms with E-state index < -0.39 is 0 Å². The van der Waals surface area contributed by atoms with Gasteiger partial charge in [0.15, 0.2) is 0 Å². The second kappa shape index (κ2) is 7.84. The zero-order valence-corrected chi connectivity index (χ0v) is 13.2. The Bertz CT molecular complexity index is 546. The van der Waals surface area contributed by atoms with Crippen molar-refractivity contribution in [2.75, 3.05) is 6.54 Å². The first-order valence-electron chi connectivity index (χ1n) is 7.71. The minimum absolute atomic E-state index is 0.555. The van der Waals surface area contributed by atoms with Crippen molar-refractivity contribution in [1.29, 1.82) is 0 Å². The van der Waals surface area contributed by atoms with E-state index in [1.807, 2.05) is 0 Å². The molecule has 2 aromatic carbocycles. The molecule has 1 N–H and O–H groups in total. The first-order valence-corrected chi connectivity index (χ1v) is 7.71. The number of nitrogens with one attached hydrogen (secondary N) is 1. The van der Waals surface area contributed by atoms with Crippen LogP contribution in [-0.2, 0) is 13.2 Å². The summed E-state index contributed by atoms with van der Waals surface area (Å²) in [6.45, 7) is 9.01. The van der Waals surface area contributed by atoms with Gasteiger partial charge in [-0.2, -0.15) is 0 Å². The van der Waals surface area contributed by atoms with Crippen molar-refractivity contribution >= 4 is 0 Å². The SMILES string of the molecule is CCNCc1ccccc1COc1ccc(C(C)C)cc1. The molecule has 21 heavy (non-hydrogen) atoms. The van der Waals surface area contributed by atoms with E-state index in [0.29, 0.717) is 12.5 Å². The standard InChI is InChI=1S/C19H25NO/c1-4-20-13-17-7-5-6-8-18(17)14-21-19-11-9-16(10-12-19)15(2)3/h5-12,15,20H,4,13-14H2,1-3H3. The van der Waals surface area contributed by atoms with Crippen LogP contribution >= 0.6 is 0 Å². The van der Waals surface area contributed by atoms with Crippen LogP contribution in [0.3, 0.4) is 0 Å². The van der Waals surface area contributed by atoms with Gasteiger partial charge < -0.3 is 10.1 Å². The lowest BCUT2D eigenvalue weighted by Crippen LogP contribution is -2.13. The van der Waals surface area contributed by atoms with Crippen molar-refractivity contribution in [3.63, 3.8) is 0 Å². The van der Waals surface area contributed by atoms with Crippen LogP contribution in [0, 0.1) is 0 Å². The molecule has 2 nitrogen and oxygen atoms in total. The predicted molar refractivity (Wildman–Crippen MR) is 88.7 cm³/mol. The van der Waals surface area contributed by atoms with Gasteiger partial charge in [-0.3, -0.25) is 0 Å². The normalized spacial score (nSPS) is 10.9. The van der Waals surface area contributed by atoms with Gasteiger partial charge in [0.25, 0.3) is 0 Å². The number of hydrogen-bond donors (Lipinski definition) is 1. The third kappa shape index (κ3) is 4.61. The summed E-state index contributed by atoms with van der Waals surface area (Å²) in [6, 6.07) is 16.8. The largest absolute Gasteiger partial charge is 0.489 e. The molecule has 2 aromatic rings. The number of ether oxygens (including phenoxy) is 1. The summed E-state index contributed by atoms with van der Waals surface area (Å²) in [5, 5.41) is 3.37. The summed E-state index contributed by atoms with van der Waals surface area (Å²) in [4.78, 5) is 0. The second-order valence-corrected chi connectivity index (χ2v) is 5.56. The molecule has 0 saturated carbocycles. The maximum Gasteiger partial charge on any atom is 0.119 e. The fourth-order valence-corrected chi connectivity index (χ4v) is 2.24. The first-order chi connectivity index (χ1) is 10.2. The molecule has 0 heterocycles. The number of hydrogen-bond acceptors (Lipinski definition) is 2. The van der Waals surface area contributed by atoms with Gasteiger partial charge in [-0.15, -0.1) is 0 Å². The predicted octanol–water partition coefficient (Wildman–Crippen LogP) is 4.50. The molecule has 0 spiro atoms. The van der Waals surface area contributed by atoms with Gasteiger partial charge in [-0.25, -0.2) is 0 Å². The van der Waals surface area contributed by atoms with E-state index in [-0.39, 0.29) is 0 Å². The lowest BCUT2D eigenvalue weighted by molar-refractivity contribution is 0.304. The average molecular weight is 283 g/mol. The highest BCUT2D eigenvalue weighted by Gasteiger charge is 2.03. The molecule has 2 rings (SSSR count). The molecule has 112 valence electrons. The summed E-state index contributed by atoms with van der Waals surface area (Å²) in [7, 11) is 0. The van der Waals surface area contributed by atoms with Crippen LogP contribution in [0.5, 0.6) is 5.75 Å². The summed E-state index contributed by atoms with van der Waals surface area (Å²) < 4.78 is 5.92. The first kappa shape index (κ1) is 15.6. The lowest BCUT2D eigenvalue weighted by atomic mass is 10.0. The summed E-state index contributed by atoms with van der Waals surface area (Å²) in [5.74, 6) is 1.48. The fraction of sp³-hybridized carbons (Fsp3) is 0.368. The van der Waals surface area contributed by atoms with E-state index in [2.05, 4.69) is 74.6 Å². The highest BCUT2D eigenvalue weighted by molar-refractivity contribution is 5.30. The van der Waals surface area contributed by atoms with Crippen LogP contribution in [0.15, 0.2) is 48.5 Å². The third-order valence-corrected chi connectivity index (χ3v) is 3.62. The topological polar surface area (TPSA) is 21.3 Å². The van der Waals surface area contributed by atoms with Crippen LogP contribution in [0.2, 0.25) is 0 Å². The minimum atomic E-state index is 0.555. The Morgan fingerprint density at radius 2 is 1.62 bits per heavy atom. The van der Waals surface area contributed by atoms with Gasteiger partial charge in [0.1, 0.15) is 12.4 Å². The molecule has 0 aliphatic carbocycles. The van der Waals surface area contributed by atoms with Gasteiger partial charge in [0, 0.05) is 6.54 Å². The van der Waals surface area contributed by atoms with Crippen molar-refractivity contribution < 1.29 is 4.74 Å². The Balaban J connectivity index is 1.99. The van der Waals surface area contributed by atoms with E-state index >= 15 is 0 Å². The highest BCUT2D eigenvalue weighted by Crippen LogP contribution is 2.20. The van der Waals surface area contributed by atoms with Gasteiger partial charge in [-0.1, -0.05) is 57.2 Å². The van der Waals surface area contributed by atoms with Crippen molar-refractivity contribution in [3.8, 4) is 5.75 Å². The maximum atomic E-state index is 5.92. The summed E-state index contributed by atoms with van der Waals surface area (Å²) in [5.41, 5.74) is 3.89. The molecule has 0 unspecified atom stereocenters. The Hall–Kier alpha value is -1.80. The Kier molecular flexibility index (Phi) is 5.82. The van der Waals surface area contributed by atoms with Crippen LogP contribution in [0.1, 0.15) is 43.4 Å². The third-order valence-electron chi connectivity index (χ3n) is 3.62. The molecule has 0 saturated heterocycles. The van der Waals surface area contributed by atoms with E-state index in [1.165, 1.54) is 16.7 Å². The van der Waals surface area contributed by atoms with Crippen LogP contribution in [0.4, 0.5) is 0 Å². The van der Waals surface area contributed by atoms with Crippen molar-refractivity contribution in [2.24, 2.45) is 0 Å². The molecule has 0 aromatic heterocycles. The Morgan fingerprint density at radius 1 is 0.952 bits per heavy atom. The van der Waals surface area contributed by atoms with Crippen LogP contribution in [0.25, 0.3) is 0 Å². The van der Waals surface area contributed by atoms with Gasteiger partial charge >= 0.3 is 0 Å². The maximum absolute atomic E-state index is 5.92. The molecule has 0 amide bonds.